The van der Waals surface area contributed by atoms with Crippen LogP contribution >= 0.6 is 15.9 Å². The van der Waals surface area contributed by atoms with Crippen LogP contribution in [-0.2, 0) is 4.79 Å². The maximum atomic E-state index is 12.5. The first-order chi connectivity index (χ1) is 11.0. The van der Waals surface area contributed by atoms with Crippen LogP contribution in [0.1, 0.15) is 24.1 Å². The number of anilines is 1. The highest BCUT2D eigenvalue weighted by Gasteiger charge is 2.19. The number of amides is 1. The van der Waals surface area contributed by atoms with Gasteiger partial charge in [0.05, 0.1) is 5.52 Å². The van der Waals surface area contributed by atoms with Crippen LogP contribution in [0.4, 0.5) is 5.69 Å². The molecule has 6 heteroatoms. The van der Waals surface area contributed by atoms with Crippen molar-refractivity contribution in [3.05, 3.63) is 52.0 Å². The zero-order valence-corrected chi connectivity index (χ0v) is 14.8. The minimum Gasteiger partial charge on any atom is -0.324 e. The van der Waals surface area contributed by atoms with E-state index in [0.717, 1.165) is 32.3 Å². The van der Waals surface area contributed by atoms with E-state index in [0.29, 0.717) is 0 Å². The van der Waals surface area contributed by atoms with E-state index in [1.165, 1.54) is 0 Å². The number of fused-ring (bicyclic) bond motifs is 1. The number of aryl methyl sites for hydroxylation is 2. The maximum Gasteiger partial charge on any atom is 0.249 e. The topological polar surface area (TPSA) is 59.8 Å². The summed E-state index contributed by atoms with van der Waals surface area (Å²) in [4.78, 5) is 12.5. The van der Waals surface area contributed by atoms with E-state index in [1.54, 1.807) is 4.68 Å². The summed E-state index contributed by atoms with van der Waals surface area (Å²) < 4.78 is 2.63. The Morgan fingerprint density at radius 3 is 2.52 bits per heavy atom. The molecule has 3 aromatic rings. The quantitative estimate of drug-likeness (QED) is 0.755. The van der Waals surface area contributed by atoms with Gasteiger partial charge in [-0.1, -0.05) is 21.1 Å². The highest BCUT2D eigenvalue weighted by atomic mass is 79.9. The van der Waals surface area contributed by atoms with E-state index in [1.807, 2.05) is 57.2 Å². The molecule has 3 rings (SSSR count). The van der Waals surface area contributed by atoms with Crippen molar-refractivity contribution in [1.82, 2.24) is 15.0 Å². The zero-order chi connectivity index (χ0) is 16.6. The molecule has 0 fully saturated rings. The molecule has 23 heavy (non-hydrogen) atoms. The van der Waals surface area contributed by atoms with Crippen LogP contribution in [0.3, 0.4) is 0 Å². The van der Waals surface area contributed by atoms with Crippen molar-refractivity contribution in [1.29, 1.82) is 0 Å². The van der Waals surface area contributed by atoms with E-state index >= 15 is 0 Å². The van der Waals surface area contributed by atoms with E-state index in [9.17, 15) is 4.79 Å². The third-order valence-corrected chi connectivity index (χ3v) is 4.47. The lowest BCUT2D eigenvalue weighted by Crippen LogP contribution is -2.24. The molecule has 1 N–H and O–H groups in total. The summed E-state index contributed by atoms with van der Waals surface area (Å²) in [5, 5.41) is 11.2. The van der Waals surface area contributed by atoms with Crippen LogP contribution in [0, 0.1) is 13.8 Å². The molecule has 0 saturated carbocycles. The fraction of sp³-hybridized carbons (Fsp3) is 0.235. The second-order valence-corrected chi connectivity index (χ2v) is 6.55. The molecular formula is C17H17BrN4O. The maximum absolute atomic E-state index is 12.5. The van der Waals surface area contributed by atoms with E-state index in [-0.39, 0.29) is 5.91 Å². The zero-order valence-electron chi connectivity index (χ0n) is 13.2. The molecular weight excluding hydrogens is 356 g/mol. The fourth-order valence-electron chi connectivity index (χ4n) is 2.37. The van der Waals surface area contributed by atoms with Gasteiger partial charge in [0.1, 0.15) is 11.6 Å². The molecule has 118 valence electrons. The third-order valence-electron chi connectivity index (χ3n) is 3.94. The monoisotopic (exact) mass is 372 g/mol. The van der Waals surface area contributed by atoms with E-state index in [2.05, 4.69) is 31.6 Å². The first-order valence-corrected chi connectivity index (χ1v) is 8.13. The predicted molar refractivity (Wildman–Crippen MR) is 94.5 cm³/mol. The van der Waals surface area contributed by atoms with Crippen molar-refractivity contribution < 1.29 is 4.79 Å². The van der Waals surface area contributed by atoms with Crippen molar-refractivity contribution in [2.75, 3.05) is 5.32 Å². The average Bonchev–Trinajstić information content (AvgIpc) is 2.92. The SMILES string of the molecule is Cc1cc2nnn(C(C)C(=O)Nc3ccc(Br)cc3)c2cc1C. The first kappa shape index (κ1) is 15.7. The number of carbonyl (C=O) groups excluding carboxylic acids is 1. The Hall–Kier alpha value is -2.21. The molecule has 1 atom stereocenters. The number of carbonyl (C=O) groups is 1. The molecule has 0 bridgehead atoms. The van der Waals surface area contributed by atoms with E-state index < -0.39 is 6.04 Å². The van der Waals surface area contributed by atoms with Gasteiger partial charge in [0.2, 0.25) is 5.91 Å². The van der Waals surface area contributed by atoms with Crippen LogP contribution < -0.4 is 5.32 Å². The lowest BCUT2D eigenvalue weighted by atomic mass is 10.1. The highest BCUT2D eigenvalue weighted by Crippen LogP contribution is 2.21. The lowest BCUT2D eigenvalue weighted by molar-refractivity contribution is -0.119. The van der Waals surface area contributed by atoms with Gasteiger partial charge in [0.25, 0.3) is 0 Å². The summed E-state index contributed by atoms with van der Waals surface area (Å²) in [6.07, 6.45) is 0. The summed E-state index contributed by atoms with van der Waals surface area (Å²) in [5.41, 5.74) is 4.74. The minimum atomic E-state index is -0.453. The van der Waals surface area contributed by atoms with Gasteiger partial charge in [0.15, 0.2) is 0 Å². The summed E-state index contributed by atoms with van der Waals surface area (Å²) in [6, 6.07) is 11.0. The van der Waals surface area contributed by atoms with Gasteiger partial charge in [-0.25, -0.2) is 4.68 Å². The molecule has 0 aliphatic heterocycles. The molecule has 2 aromatic carbocycles. The molecule has 0 radical (unpaired) electrons. The van der Waals surface area contributed by atoms with Crippen LogP contribution in [-0.4, -0.2) is 20.9 Å². The number of halogens is 1. The summed E-state index contributed by atoms with van der Waals surface area (Å²) in [5.74, 6) is -0.127. The highest BCUT2D eigenvalue weighted by molar-refractivity contribution is 9.10. The minimum absolute atomic E-state index is 0.127. The van der Waals surface area contributed by atoms with Gasteiger partial charge in [0, 0.05) is 10.2 Å². The smallest absolute Gasteiger partial charge is 0.249 e. The largest absolute Gasteiger partial charge is 0.324 e. The summed E-state index contributed by atoms with van der Waals surface area (Å²) in [7, 11) is 0. The number of nitrogens with one attached hydrogen (secondary N) is 1. The van der Waals surface area contributed by atoms with Crippen molar-refractivity contribution in [2.24, 2.45) is 0 Å². The molecule has 1 amide bonds. The fourth-order valence-corrected chi connectivity index (χ4v) is 2.64. The van der Waals surface area contributed by atoms with Gasteiger partial charge in [-0.15, -0.1) is 5.10 Å². The van der Waals surface area contributed by atoms with Gasteiger partial charge < -0.3 is 5.32 Å². The number of benzene rings is 2. The molecule has 0 saturated heterocycles. The van der Waals surface area contributed by atoms with Gasteiger partial charge in [-0.2, -0.15) is 0 Å². The predicted octanol–water partition coefficient (Wildman–Crippen LogP) is 4.01. The van der Waals surface area contributed by atoms with Crippen molar-refractivity contribution in [3.63, 3.8) is 0 Å². The summed E-state index contributed by atoms with van der Waals surface area (Å²) in [6.45, 7) is 5.90. The lowest BCUT2D eigenvalue weighted by Gasteiger charge is -2.13. The van der Waals surface area contributed by atoms with Crippen molar-refractivity contribution >= 4 is 38.6 Å². The standard InChI is InChI=1S/C17H17BrN4O/c1-10-8-15-16(9-11(10)2)22(21-20-15)12(3)17(23)19-14-6-4-13(18)5-7-14/h4-9,12H,1-3H3,(H,19,23). The van der Waals surface area contributed by atoms with Gasteiger partial charge in [-0.05, 0) is 68.3 Å². The summed E-state index contributed by atoms with van der Waals surface area (Å²) >= 11 is 3.38. The number of hydrogen-bond acceptors (Lipinski definition) is 3. The van der Waals surface area contributed by atoms with Crippen LogP contribution in [0.2, 0.25) is 0 Å². The second-order valence-electron chi connectivity index (χ2n) is 5.63. The Morgan fingerprint density at radius 1 is 1.17 bits per heavy atom. The Kier molecular flexibility index (Phi) is 4.17. The average molecular weight is 373 g/mol. The number of rotatable bonds is 3. The first-order valence-electron chi connectivity index (χ1n) is 7.34. The van der Waals surface area contributed by atoms with E-state index in [4.69, 9.17) is 0 Å². The van der Waals surface area contributed by atoms with Crippen molar-refractivity contribution in [2.45, 2.75) is 26.8 Å². The second kappa shape index (κ2) is 6.12. The molecule has 0 spiro atoms. The Morgan fingerprint density at radius 2 is 1.83 bits per heavy atom. The molecule has 1 heterocycles. The Labute approximate surface area is 142 Å². The number of hydrogen-bond donors (Lipinski definition) is 1. The molecule has 0 aliphatic carbocycles. The normalized spacial score (nSPS) is 12.3. The Bertz CT molecular complexity index is 870. The molecule has 1 unspecified atom stereocenters. The third kappa shape index (κ3) is 3.12. The molecule has 1 aromatic heterocycles. The molecule has 0 aliphatic rings. The van der Waals surface area contributed by atoms with Crippen molar-refractivity contribution in [3.8, 4) is 0 Å². The van der Waals surface area contributed by atoms with Gasteiger partial charge in [-0.3, -0.25) is 4.79 Å². The van der Waals surface area contributed by atoms with Crippen LogP contribution in [0.15, 0.2) is 40.9 Å². The number of aromatic nitrogens is 3. The van der Waals surface area contributed by atoms with Gasteiger partial charge >= 0.3 is 0 Å². The number of nitrogens with zero attached hydrogens (tertiary/aromatic N) is 3. The molecule has 5 nitrogen and oxygen atoms in total. The van der Waals surface area contributed by atoms with Crippen LogP contribution in [0.25, 0.3) is 11.0 Å². The Balaban J connectivity index is 1.87. The van der Waals surface area contributed by atoms with Crippen LogP contribution in [0.5, 0.6) is 0 Å².